The molecule has 2 fully saturated rings. The maximum absolute atomic E-state index is 6.22. The Morgan fingerprint density at radius 3 is 2.70 bits per heavy atom. The van der Waals surface area contributed by atoms with E-state index in [9.17, 15) is 0 Å². The lowest BCUT2D eigenvalue weighted by atomic mass is 9.86. The fourth-order valence-electron chi connectivity index (χ4n) is 3.94. The molecule has 1 radical (unpaired) electrons. The van der Waals surface area contributed by atoms with Crippen molar-refractivity contribution in [3.8, 4) is 0 Å². The third-order valence-electron chi connectivity index (χ3n) is 5.42. The van der Waals surface area contributed by atoms with Crippen molar-refractivity contribution >= 4 is 0 Å². The molecule has 2 rings (SSSR count). The molecule has 3 unspecified atom stereocenters. The second-order valence-electron chi connectivity index (χ2n) is 7.48. The Labute approximate surface area is 143 Å². The average Bonchev–Trinajstić information content (AvgIpc) is 2.57. The highest BCUT2D eigenvalue weighted by Gasteiger charge is 2.30. The molecule has 2 aliphatic rings. The summed E-state index contributed by atoms with van der Waals surface area (Å²) in [7, 11) is 0. The zero-order valence-corrected chi connectivity index (χ0v) is 15.2. The molecule has 0 aromatic heterocycles. The van der Waals surface area contributed by atoms with Crippen molar-refractivity contribution in [2.75, 3.05) is 6.61 Å². The number of ether oxygens (including phenoxy) is 1. The van der Waals surface area contributed by atoms with E-state index < -0.39 is 0 Å². The molecule has 4 nitrogen and oxygen atoms in total. The second kappa shape index (κ2) is 10.7. The number of nitrogens with one attached hydrogen (secondary N) is 2. The number of nitrogens with two attached hydrogens (primary N) is 1. The summed E-state index contributed by atoms with van der Waals surface area (Å²) < 4.78 is 6.22. The molecule has 0 amide bonds. The Bertz CT molecular complexity index is 305. The van der Waals surface area contributed by atoms with Crippen molar-refractivity contribution in [1.82, 2.24) is 10.6 Å². The van der Waals surface area contributed by atoms with E-state index in [1.165, 1.54) is 44.9 Å². The summed E-state index contributed by atoms with van der Waals surface area (Å²) in [5.74, 6) is 0.649. The molecule has 0 aromatic rings. The molecule has 0 spiro atoms. The minimum absolute atomic E-state index is 0.405. The molecule has 1 saturated carbocycles. The van der Waals surface area contributed by atoms with E-state index in [2.05, 4.69) is 31.0 Å². The van der Waals surface area contributed by atoms with Gasteiger partial charge in [0.1, 0.15) is 0 Å². The average molecular weight is 325 g/mol. The molecular weight excluding hydrogens is 286 g/mol. The smallest absolute Gasteiger partial charge is 0.0604 e. The molecule has 1 saturated heterocycles. The highest BCUT2D eigenvalue weighted by atomic mass is 16.5. The molecule has 4 N–H and O–H groups in total. The lowest BCUT2D eigenvalue weighted by Gasteiger charge is -2.38. The predicted molar refractivity (Wildman–Crippen MR) is 96.9 cm³/mol. The Morgan fingerprint density at radius 1 is 1.22 bits per heavy atom. The van der Waals surface area contributed by atoms with Crippen molar-refractivity contribution in [3.05, 3.63) is 6.54 Å². The minimum atomic E-state index is 0.405. The lowest BCUT2D eigenvalue weighted by molar-refractivity contribution is -0.00820. The molecule has 0 bridgehead atoms. The van der Waals surface area contributed by atoms with Gasteiger partial charge in [-0.25, -0.2) is 0 Å². The lowest BCUT2D eigenvalue weighted by Crippen LogP contribution is -2.52. The van der Waals surface area contributed by atoms with Crippen LogP contribution in [-0.2, 0) is 4.74 Å². The van der Waals surface area contributed by atoms with E-state index in [-0.39, 0.29) is 0 Å². The van der Waals surface area contributed by atoms with Gasteiger partial charge in [0, 0.05) is 25.2 Å². The molecule has 135 valence electrons. The maximum Gasteiger partial charge on any atom is 0.0604 e. The monoisotopic (exact) mass is 324 g/mol. The number of hydrogen-bond acceptors (Lipinski definition) is 4. The molecule has 1 heterocycles. The van der Waals surface area contributed by atoms with Crippen LogP contribution in [0.15, 0.2) is 0 Å². The van der Waals surface area contributed by atoms with Gasteiger partial charge in [-0.15, -0.1) is 0 Å². The van der Waals surface area contributed by atoms with Gasteiger partial charge < -0.3 is 10.5 Å². The number of piperidine rings is 1. The predicted octanol–water partition coefficient (Wildman–Crippen LogP) is 3.32. The Morgan fingerprint density at radius 2 is 2.00 bits per heavy atom. The topological polar surface area (TPSA) is 59.3 Å². The van der Waals surface area contributed by atoms with Crippen LogP contribution in [0.2, 0.25) is 0 Å². The van der Waals surface area contributed by atoms with E-state index in [4.69, 9.17) is 10.5 Å². The van der Waals surface area contributed by atoms with Crippen molar-refractivity contribution < 1.29 is 4.74 Å². The highest BCUT2D eigenvalue weighted by Crippen LogP contribution is 2.27. The van der Waals surface area contributed by atoms with Crippen LogP contribution in [0.25, 0.3) is 0 Å². The van der Waals surface area contributed by atoms with Gasteiger partial charge in [-0.05, 0) is 57.3 Å². The van der Waals surface area contributed by atoms with Crippen LogP contribution in [-0.4, -0.2) is 31.0 Å². The molecule has 1 aliphatic heterocycles. The second-order valence-corrected chi connectivity index (χ2v) is 7.48. The normalized spacial score (nSPS) is 33.5. The van der Waals surface area contributed by atoms with Crippen molar-refractivity contribution in [1.29, 1.82) is 0 Å². The molecule has 4 heteroatoms. The third kappa shape index (κ3) is 6.69. The first-order chi connectivity index (χ1) is 11.2. The molecule has 3 atom stereocenters. The number of rotatable bonds is 9. The fraction of sp³-hybridized carbons (Fsp3) is 0.947. The van der Waals surface area contributed by atoms with Gasteiger partial charge >= 0.3 is 0 Å². The summed E-state index contributed by atoms with van der Waals surface area (Å²) >= 11 is 0. The quantitative estimate of drug-likeness (QED) is 0.570. The van der Waals surface area contributed by atoms with Gasteiger partial charge in [0.2, 0.25) is 0 Å². The fourth-order valence-corrected chi connectivity index (χ4v) is 3.94. The van der Waals surface area contributed by atoms with Crippen LogP contribution < -0.4 is 16.4 Å². The number of unbranched alkanes of at least 4 members (excludes halogenated alkanes) is 1. The summed E-state index contributed by atoms with van der Waals surface area (Å²) in [6.45, 7) is 7.67. The minimum Gasteiger partial charge on any atom is -0.378 e. The van der Waals surface area contributed by atoms with Crippen LogP contribution in [0, 0.1) is 12.5 Å². The van der Waals surface area contributed by atoms with E-state index in [0.717, 1.165) is 25.9 Å². The highest BCUT2D eigenvalue weighted by molar-refractivity contribution is 4.90. The zero-order valence-electron chi connectivity index (χ0n) is 15.2. The van der Waals surface area contributed by atoms with E-state index >= 15 is 0 Å². The first-order valence-electron chi connectivity index (χ1n) is 9.93. The van der Waals surface area contributed by atoms with Crippen LogP contribution in [0.4, 0.5) is 0 Å². The van der Waals surface area contributed by atoms with Crippen molar-refractivity contribution in [2.24, 2.45) is 11.7 Å². The van der Waals surface area contributed by atoms with Crippen LogP contribution in [0.5, 0.6) is 0 Å². The molecular formula is C19H38N3O. The van der Waals surface area contributed by atoms with Gasteiger partial charge in [-0.2, -0.15) is 0 Å². The van der Waals surface area contributed by atoms with Gasteiger partial charge in [-0.1, -0.05) is 26.7 Å². The van der Waals surface area contributed by atoms with E-state index in [1.807, 2.05) is 0 Å². The molecule has 1 aliphatic carbocycles. The van der Waals surface area contributed by atoms with E-state index in [0.29, 0.717) is 30.3 Å². The Kier molecular flexibility index (Phi) is 8.88. The third-order valence-corrected chi connectivity index (χ3v) is 5.42. The summed E-state index contributed by atoms with van der Waals surface area (Å²) in [6.07, 6.45) is 12.7. The van der Waals surface area contributed by atoms with Gasteiger partial charge in [0.25, 0.3) is 0 Å². The SMILES string of the molecule is CCCCOC(CCC)C1C[CH]NC(NC2CCC(N)CC2)C1. The van der Waals surface area contributed by atoms with E-state index in [1.54, 1.807) is 0 Å². The summed E-state index contributed by atoms with van der Waals surface area (Å²) in [5, 5.41) is 7.37. The number of hydrogen-bond donors (Lipinski definition) is 3. The van der Waals surface area contributed by atoms with Crippen molar-refractivity contribution in [2.45, 2.75) is 102 Å². The van der Waals surface area contributed by atoms with Crippen LogP contribution in [0.1, 0.15) is 78.1 Å². The first kappa shape index (κ1) is 19.2. The van der Waals surface area contributed by atoms with Gasteiger partial charge in [0.15, 0.2) is 0 Å². The van der Waals surface area contributed by atoms with Gasteiger partial charge in [-0.3, -0.25) is 10.6 Å². The molecule has 23 heavy (non-hydrogen) atoms. The summed E-state index contributed by atoms with van der Waals surface area (Å²) in [6, 6.07) is 1.05. The van der Waals surface area contributed by atoms with Crippen LogP contribution >= 0.6 is 0 Å². The Balaban J connectivity index is 1.78. The van der Waals surface area contributed by atoms with Crippen LogP contribution in [0.3, 0.4) is 0 Å². The summed E-state index contributed by atoms with van der Waals surface area (Å²) in [5.41, 5.74) is 6.02. The van der Waals surface area contributed by atoms with Gasteiger partial charge in [0.05, 0.1) is 12.3 Å². The Hall–Kier alpha value is -0.160. The van der Waals surface area contributed by atoms with Crippen molar-refractivity contribution in [3.63, 3.8) is 0 Å². The largest absolute Gasteiger partial charge is 0.378 e. The first-order valence-corrected chi connectivity index (χ1v) is 9.93. The zero-order chi connectivity index (χ0) is 16.5. The summed E-state index contributed by atoms with van der Waals surface area (Å²) in [4.78, 5) is 0. The molecule has 0 aromatic carbocycles. The maximum atomic E-state index is 6.22. The standard InChI is InChI=1S/C19H38N3O/c1-3-5-13-23-18(6-4-2)15-11-12-21-19(14-15)22-17-9-7-16(20)8-10-17/h12,15-19,21-22H,3-11,13-14,20H2,1-2H3.